The van der Waals surface area contributed by atoms with E-state index >= 15 is 0 Å². The van der Waals surface area contributed by atoms with Gasteiger partial charge in [-0.2, -0.15) is 0 Å². The Morgan fingerprint density at radius 2 is 1.96 bits per heavy atom. The van der Waals surface area contributed by atoms with Gasteiger partial charge >= 0.3 is 0 Å². The molecule has 1 saturated heterocycles. The van der Waals surface area contributed by atoms with Crippen LogP contribution < -0.4 is 5.32 Å². The van der Waals surface area contributed by atoms with Gasteiger partial charge in [0.2, 0.25) is 0 Å². The van der Waals surface area contributed by atoms with Crippen molar-refractivity contribution in [1.82, 2.24) is 0 Å². The summed E-state index contributed by atoms with van der Waals surface area (Å²) in [4.78, 5) is 0. The monoisotopic (exact) mass is 307 g/mol. The van der Waals surface area contributed by atoms with Gasteiger partial charge in [-0.15, -0.1) is 0 Å². The van der Waals surface area contributed by atoms with Gasteiger partial charge in [-0.3, -0.25) is 0 Å². The second-order valence-electron chi connectivity index (χ2n) is 6.91. The molecule has 4 rings (SSSR count). The van der Waals surface area contributed by atoms with E-state index in [1.165, 1.54) is 34.4 Å². The first-order chi connectivity index (χ1) is 11.3. The minimum absolute atomic E-state index is 0.232. The van der Waals surface area contributed by atoms with Crippen LogP contribution in [0.4, 0.5) is 5.69 Å². The molecule has 0 bridgehead atoms. The Hall–Kier alpha value is -1.80. The number of anilines is 1. The van der Waals surface area contributed by atoms with Crippen LogP contribution >= 0.6 is 0 Å². The van der Waals surface area contributed by atoms with Crippen molar-refractivity contribution in [1.29, 1.82) is 0 Å². The van der Waals surface area contributed by atoms with E-state index in [2.05, 4.69) is 61.6 Å². The fourth-order valence-electron chi connectivity index (χ4n) is 4.08. The number of aryl methyl sites for hydroxylation is 2. The van der Waals surface area contributed by atoms with Crippen molar-refractivity contribution in [3.63, 3.8) is 0 Å². The smallest absolute Gasteiger partial charge is 0.0895 e. The molecule has 1 N–H and O–H groups in total. The summed E-state index contributed by atoms with van der Waals surface area (Å²) in [5.74, 6) is 0.519. The van der Waals surface area contributed by atoms with E-state index in [-0.39, 0.29) is 6.10 Å². The van der Waals surface area contributed by atoms with E-state index in [1.54, 1.807) is 0 Å². The number of rotatable bonds is 2. The number of nitrogens with one attached hydrogen (secondary N) is 1. The molecular formula is C21H25NO. The molecule has 2 aromatic carbocycles. The third-order valence-electron chi connectivity index (χ3n) is 5.37. The summed E-state index contributed by atoms with van der Waals surface area (Å²) in [5, 5.41) is 3.80. The first kappa shape index (κ1) is 14.8. The zero-order chi connectivity index (χ0) is 15.8. The summed E-state index contributed by atoms with van der Waals surface area (Å²) < 4.78 is 6.22. The van der Waals surface area contributed by atoms with Crippen molar-refractivity contribution < 1.29 is 4.74 Å². The Kier molecular flexibility index (Phi) is 3.86. The van der Waals surface area contributed by atoms with Gasteiger partial charge in [0.15, 0.2) is 0 Å². The van der Waals surface area contributed by atoms with E-state index in [9.17, 15) is 0 Å². The quantitative estimate of drug-likeness (QED) is 0.824. The molecule has 2 aliphatic heterocycles. The number of hydrogen-bond donors (Lipinski definition) is 1. The van der Waals surface area contributed by atoms with Crippen molar-refractivity contribution in [3.8, 4) is 0 Å². The first-order valence-corrected chi connectivity index (χ1v) is 8.84. The summed E-state index contributed by atoms with van der Waals surface area (Å²) in [5.41, 5.74) is 6.68. The Balaban J connectivity index is 1.73. The van der Waals surface area contributed by atoms with Crippen molar-refractivity contribution >= 4 is 5.69 Å². The van der Waals surface area contributed by atoms with Gasteiger partial charge in [-0.25, -0.2) is 0 Å². The van der Waals surface area contributed by atoms with Crippen LogP contribution in [0.2, 0.25) is 0 Å². The molecule has 0 spiro atoms. The minimum Gasteiger partial charge on any atom is -0.378 e. The number of fused-ring (bicyclic) bond motifs is 3. The zero-order valence-electron chi connectivity index (χ0n) is 14.0. The van der Waals surface area contributed by atoms with E-state index in [0.717, 1.165) is 19.4 Å². The van der Waals surface area contributed by atoms with Crippen molar-refractivity contribution in [2.24, 2.45) is 5.92 Å². The van der Waals surface area contributed by atoms with Gasteiger partial charge in [0.25, 0.3) is 0 Å². The molecule has 2 heterocycles. The normalized spacial score (nSPS) is 26.1. The summed E-state index contributed by atoms with van der Waals surface area (Å²) in [6, 6.07) is 16.2. The highest BCUT2D eigenvalue weighted by atomic mass is 16.5. The van der Waals surface area contributed by atoms with Crippen molar-refractivity contribution in [3.05, 3.63) is 64.7 Å². The third kappa shape index (κ3) is 2.66. The average Bonchev–Trinajstić information content (AvgIpc) is 2.61. The van der Waals surface area contributed by atoms with Gasteiger partial charge in [-0.05, 0) is 43.4 Å². The fraction of sp³-hybridized carbons (Fsp3) is 0.429. The molecule has 120 valence electrons. The summed E-state index contributed by atoms with van der Waals surface area (Å²) in [7, 11) is 0. The maximum absolute atomic E-state index is 6.22. The number of benzene rings is 2. The molecule has 2 aromatic rings. The van der Waals surface area contributed by atoms with Crippen LogP contribution in [0.25, 0.3) is 0 Å². The van der Waals surface area contributed by atoms with Crippen LogP contribution in [-0.2, 0) is 11.2 Å². The lowest BCUT2D eigenvalue weighted by atomic mass is 9.77. The Labute approximate surface area is 138 Å². The molecule has 0 unspecified atom stereocenters. The number of ether oxygens (including phenoxy) is 1. The Morgan fingerprint density at radius 3 is 2.74 bits per heavy atom. The summed E-state index contributed by atoms with van der Waals surface area (Å²) in [6.07, 6.45) is 3.71. The maximum Gasteiger partial charge on any atom is 0.0895 e. The second-order valence-corrected chi connectivity index (χ2v) is 6.91. The standard InChI is InChI=1S/C21H25NO/c1-3-15-7-9-16(10-8-15)20-17-5-4-12-23-21(17)18-13-14(2)6-11-19(18)22-20/h6-11,13,17,20-22H,3-5,12H2,1-2H3/t17-,20+,21+/m1/s1. The highest BCUT2D eigenvalue weighted by Crippen LogP contribution is 2.49. The predicted octanol–water partition coefficient (Wildman–Crippen LogP) is 5.19. The minimum atomic E-state index is 0.232. The fourth-order valence-corrected chi connectivity index (χ4v) is 4.08. The largest absolute Gasteiger partial charge is 0.378 e. The number of hydrogen-bond acceptors (Lipinski definition) is 2. The van der Waals surface area contributed by atoms with Gasteiger partial charge < -0.3 is 10.1 Å². The molecule has 1 fully saturated rings. The molecule has 0 amide bonds. The Morgan fingerprint density at radius 1 is 1.13 bits per heavy atom. The van der Waals surface area contributed by atoms with Crippen molar-refractivity contribution in [2.45, 2.75) is 45.3 Å². The molecular weight excluding hydrogens is 282 g/mol. The van der Waals surface area contributed by atoms with Gasteiger partial charge in [0.1, 0.15) is 0 Å². The molecule has 0 aromatic heterocycles. The third-order valence-corrected chi connectivity index (χ3v) is 5.37. The molecule has 2 aliphatic rings. The van der Waals surface area contributed by atoms with Crippen LogP contribution in [-0.4, -0.2) is 6.61 Å². The average molecular weight is 307 g/mol. The molecule has 2 nitrogen and oxygen atoms in total. The van der Waals surface area contributed by atoms with Gasteiger partial charge in [0, 0.05) is 23.8 Å². The lowest BCUT2D eigenvalue weighted by Crippen LogP contribution is -2.36. The lowest BCUT2D eigenvalue weighted by molar-refractivity contribution is -0.0381. The van der Waals surface area contributed by atoms with Crippen LogP contribution in [0, 0.1) is 12.8 Å². The second kappa shape index (κ2) is 6.01. The summed E-state index contributed by atoms with van der Waals surface area (Å²) >= 11 is 0. The van der Waals surface area contributed by atoms with E-state index < -0.39 is 0 Å². The molecule has 0 saturated carbocycles. The van der Waals surface area contributed by atoms with Crippen LogP contribution in [0.5, 0.6) is 0 Å². The molecule has 3 atom stereocenters. The summed E-state index contributed by atoms with van der Waals surface area (Å²) in [6.45, 7) is 5.25. The first-order valence-electron chi connectivity index (χ1n) is 8.84. The zero-order valence-corrected chi connectivity index (χ0v) is 14.0. The highest BCUT2D eigenvalue weighted by Gasteiger charge is 2.39. The highest BCUT2D eigenvalue weighted by molar-refractivity contribution is 5.58. The van der Waals surface area contributed by atoms with Crippen LogP contribution in [0.3, 0.4) is 0 Å². The van der Waals surface area contributed by atoms with Crippen LogP contribution in [0.1, 0.15) is 54.2 Å². The van der Waals surface area contributed by atoms with E-state index in [4.69, 9.17) is 4.74 Å². The van der Waals surface area contributed by atoms with Gasteiger partial charge in [0.05, 0.1) is 12.1 Å². The van der Waals surface area contributed by atoms with Crippen molar-refractivity contribution in [2.75, 3.05) is 11.9 Å². The molecule has 23 heavy (non-hydrogen) atoms. The lowest BCUT2D eigenvalue weighted by Gasteiger charge is -2.43. The maximum atomic E-state index is 6.22. The topological polar surface area (TPSA) is 21.3 Å². The predicted molar refractivity (Wildman–Crippen MR) is 94.8 cm³/mol. The molecule has 0 aliphatic carbocycles. The molecule has 0 radical (unpaired) electrons. The Bertz CT molecular complexity index is 691. The van der Waals surface area contributed by atoms with E-state index in [1.807, 2.05) is 0 Å². The molecule has 2 heteroatoms. The van der Waals surface area contributed by atoms with Crippen LogP contribution in [0.15, 0.2) is 42.5 Å². The van der Waals surface area contributed by atoms with E-state index in [0.29, 0.717) is 12.0 Å². The van der Waals surface area contributed by atoms with Gasteiger partial charge in [-0.1, -0.05) is 48.9 Å². The SMILES string of the molecule is CCc1ccc([C@@H]2Nc3ccc(C)cc3[C@H]3OCCC[C@@H]32)cc1.